The highest BCUT2D eigenvalue weighted by molar-refractivity contribution is 9.10. The molecule has 0 unspecified atom stereocenters. The van der Waals surface area contributed by atoms with Crippen LogP contribution in [0.3, 0.4) is 0 Å². The Morgan fingerprint density at radius 3 is 2.95 bits per heavy atom. The summed E-state index contributed by atoms with van der Waals surface area (Å²) < 4.78 is 2.47. The van der Waals surface area contributed by atoms with Crippen molar-refractivity contribution in [3.8, 4) is 0 Å². The third kappa shape index (κ3) is 2.48. The topological polar surface area (TPSA) is 59.3 Å². The third-order valence-corrected chi connectivity index (χ3v) is 3.00. The van der Waals surface area contributed by atoms with Gasteiger partial charge in [-0.25, -0.2) is 4.52 Å². The molecule has 0 aliphatic carbocycles. The summed E-state index contributed by atoms with van der Waals surface area (Å²) in [6, 6.07) is 9.17. The number of carbonyl (C=O) groups is 1. The monoisotopic (exact) mass is 316 g/mol. The Labute approximate surface area is 117 Å². The number of rotatable bonds is 2. The first-order chi connectivity index (χ1) is 9.22. The molecule has 5 nitrogen and oxygen atoms in total. The highest BCUT2D eigenvalue weighted by atomic mass is 79.9. The first-order valence-corrected chi connectivity index (χ1v) is 6.38. The molecule has 3 rings (SSSR count). The van der Waals surface area contributed by atoms with Gasteiger partial charge in [0, 0.05) is 16.9 Å². The molecule has 0 atom stereocenters. The quantitative estimate of drug-likeness (QED) is 0.790. The summed E-state index contributed by atoms with van der Waals surface area (Å²) in [7, 11) is 0. The highest BCUT2D eigenvalue weighted by Gasteiger charge is 2.11. The van der Waals surface area contributed by atoms with Gasteiger partial charge in [-0.1, -0.05) is 6.07 Å². The second kappa shape index (κ2) is 4.81. The summed E-state index contributed by atoms with van der Waals surface area (Å²) in [4.78, 5) is 16.1. The molecule has 3 heterocycles. The van der Waals surface area contributed by atoms with Gasteiger partial charge < -0.3 is 5.32 Å². The molecule has 3 aromatic heterocycles. The lowest BCUT2D eigenvalue weighted by Crippen LogP contribution is -2.12. The SMILES string of the molecule is O=C(Nc1cncc(Br)c1)c1cc2ccccn2n1. The number of anilines is 1. The van der Waals surface area contributed by atoms with Crippen LogP contribution in [-0.4, -0.2) is 20.5 Å². The zero-order valence-electron chi connectivity index (χ0n) is 9.75. The maximum atomic E-state index is 12.1. The van der Waals surface area contributed by atoms with Crippen LogP contribution in [0.2, 0.25) is 0 Å². The number of pyridine rings is 2. The molecule has 0 bridgehead atoms. The lowest BCUT2D eigenvalue weighted by Gasteiger charge is -2.02. The fourth-order valence-corrected chi connectivity index (χ4v) is 2.09. The summed E-state index contributed by atoms with van der Waals surface area (Å²) in [5, 5.41) is 6.96. The highest BCUT2D eigenvalue weighted by Crippen LogP contribution is 2.15. The molecule has 0 fully saturated rings. The van der Waals surface area contributed by atoms with Crippen molar-refractivity contribution < 1.29 is 4.79 Å². The smallest absolute Gasteiger partial charge is 0.276 e. The molecular weight excluding hydrogens is 308 g/mol. The number of hydrogen-bond donors (Lipinski definition) is 1. The Balaban J connectivity index is 1.87. The van der Waals surface area contributed by atoms with Gasteiger partial charge in [-0.05, 0) is 40.2 Å². The van der Waals surface area contributed by atoms with Crippen molar-refractivity contribution in [2.45, 2.75) is 0 Å². The number of nitrogens with one attached hydrogen (secondary N) is 1. The molecule has 0 spiro atoms. The summed E-state index contributed by atoms with van der Waals surface area (Å²) in [5.74, 6) is -0.261. The maximum Gasteiger partial charge on any atom is 0.276 e. The second-order valence-electron chi connectivity index (χ2n) is 3.95. The Morgan fingerprint density at radius 2 is 2.16 bits per heavy atom. The van der Waals surface area contributed by atoms with Crippen molar-refractivity contribution in [1.82, 2.24) is 14.6 Å². The predicted octanol–water partition coefficient (Wildman–Crippen LogP) is 2.74. The summed E-state index contributed by atoms with van der Waals surface area (Å²) in [5.41, 5.74) is 1.86. The van der Waals surface area contributed by atoms with Crippen LogP contribution in [0.5, 0.6) is 0 Å². The molecule has 1 amide bonds. The Bertz CT molecular complexity index is 720. The summed E-state index contributed by atoms with van der Waals surface area (Å²) in [6.45, 7) is 0. The van der Waals surface area contributed by atoms with E-state index in [-0.39, 0.29) is 5.91 Å². The van der Waals surface area contributed by atoms with Gasteiger partial charge in [0.25, 0.3) is 5.91 Å². The van der Waals surface area contributed by atoms with Crippen LogP contribution in [0.25, 0.3) is 5.52 Å². The summed E-state index contributed by atoms with van der Waals surface area (Å²) in [6.07, 6.45) is 5.03. The van der Waals surface area contributed by atoms with E-state index in [0.717, 1.165) is 9.99 Å². The predicted molar refractivity (Wildman–Crippen MR) is 75.1 cm³/mol. The van der Waals surface area contributed by atoms with Crippen LogP contribution < -0.4 is 5.32 Å². The van der Waals surface area contributed by atoms with Crippen LogP contribution in [0.4, 0.5) is 5.69 Å². The average molecular weight is 317 g/mol. The van der Waals surface area contributed by atoms with E-state index >= 15 is 0 Å². The molecule has 0 saturated heterocycles. The van der Waals surface area contributed by atoms with Crippen molar-refractivity contribution in [3.63, 3.8) is 0 Å². The van der Waals surface area contributed by atoms with Gasteiger partial charge >= 0.3 is 0 Å². The summed E-state index contributed by atoms with van der Waals surface area (Å²) >= 11 is 3.30. The van der Waals surface area contributed by atoms with Gasteiger partial charge in [0.1, 0.15) is 0 Å². The van der Waals surface area contributed by atoms with Crippen molar-refractivity contribution in [2.75, 3.05) is 5.32 Å². The van der Waals surface area contributed by atoms with Crippen molar-refractivity contribution in [2.24, 2.45) is 0 Å². The molecule has 94 valence electrons. The first-order valence-electron chi connectivity index (χ1n) is 5.59. The minimum Gasteiger partial charge on any atom is -0.319 e. The van der Waals surface area contributed by atoms with Crippen molar-refractivity contribution in [1.29, 1.82) is 0 Å². The number of hydrogen-bond acceptors (Lipinski definition) is 3. The number of aromatic nitrogens is 3. The normalized spacial score (nSPS) is 10.6. The lowest BCUT2D eigenvalue weighted by atomic mass is 10.3. The van der Waals surface area contributed by atoms with Crippen LogP contribution in [0, 0.1) is 0 Å². The lowest BCUT2D eigenvalue weighted by molar-refractivity contribution is 0.102. The van der Waals surface area contributed by atoms with E-state index in [1.54, 1.807) is 35.2 Å². The third-order valence-electron chi connectivity index (χ3n) is 2.57. The Morgan fingerprint density at radius 1 is 1.26 bits per heavy atom. The van der Waals surface area contributed by atoms with Gasteiger partial charge in [-0.3, -0.25) is 9.78 Å². The molecule has 19 heavy (non-hydrogen) atoms. The van der Waals surface area contributed by atoms with Crippen molar-refractivity contribution >= 4 is 33.0 Å². The fourth-order valence-electron chi connectivity index (χ4n) is 1.72. The van der Waals surface area contributed by atoms with Gasteiger partial charge in [0.15, 0.2) is 5.69 Å². The molecule has 0 aliphatic rings. The molecular formula is C13H9BrN4O. The van der Waals surface area contributed by atoms with E-state index < -0.39 is 0 Å². The van der Waals surface area contributed by atoms with Gasteiger partial charge in [-0.15, -0.1) is 0 Å². The Kier molecular flexibility index (Phi) is 3.00. The average Bonchev–Trinajstić information content (AvgIpc) is 2.82. The van der Waals surface area contributed by atoms with Crippen LogP contribution in [0.15, 0.2) is 53.4 Å². The van der Waals surface area contributed by atoms with Gasteiger partial charge in [-0.2, -0.15) is 5.10 Å². The molecule has 0 saturated carbocycles. The van der Waals surface area contributed by atoms with Gasteiger partial charge in [0.05, 0.1) is 17.4 Å². The number of carbonyl (C=O) groups excluding carboxylic acids is 1. The molecule has 0 aliphatic heterocycles. The Hall–Kier alpha value is -2.21. The van der Waals surface area contributed by atoms with Crippen molar-refractivity contribution in [3.05, 3.63) is 59.1 Å². The minimum absolute atomic E-state index is 0.261. The molecule has 1 N–H and O–H groups in total. The molecule has 6 heteroatoms. The van der Waals surface area contributed by atoms with Crippen LogP contribution in [-0.2, 0) is 0 Å². The van der Waals surface area contributed by atoms with E-state index in [0.29, 0.717) is 11.4 Å². The molecule has 3 aromatic rings. The van der Waals surface area contributed by atoms with E-state index in [1.807, 2.05) is 18.2 Å². The first kappa shape index (κ1) is 11.9. The minimum atomic E-state index is -0.261. The van der Waals surface area contributed by atoms with Gasteiger partial charge in [0.2, 0.25) is 0 Å². The largest absolute Gasteiger partial charge is 0.319 e. The van der Waals surface area contributed by atoms with E-state index in [2.05, 4.69) is 31.3 Å². The van der Waals surface area contributed by atoms with Crippen LogP contribution >= 0.6 is 15.9 Å². The standard InChI is InChI=1S/C13H9BrN4O/c14-9-5-10(8-15-7-9)16-13(19)12-6-11-3-1-2-4-18(11)17-12/h1-8H,(H,16,19). The number of fused-ring (bicyclic) bond motifs is 1. The van der Waals surface area contributed by atoms with Crippen LogP contribution in [0.1, 0.15) is 10.5 Å². The van der Waals surface area contributed by atoms with E-state index in [4.69, 9.17) is 0 Å². The zero-order chi connectivity index (χ0) is 13.2. The number of halogens is 1. The maximum absolute atomic E-state index is 12.1. The van der Waals surface area contributed by atoms with E-state index in [9.17, 15) is 4.79 Å². The fraction of sp³-hybridized carbons (Fsp3) is 0. The second-order valence-corrected chi connectivity index (χ2v) is 4.86. The number of nitrogens with zero attached hydrogens (tertiary/aromatic N) is 3. The van der Waals surface area contributed by atoms with E-state index in [1.165, 1.54) is 0 Å². The number of amides is 1. The molecule has 0 radical (unpaired) electrons. The molecule has 0 aromatic carbocycles. The zero-order valence-corrected chi connectivity index (χ0v) is 11.3.